The van der Waals surface area contributed by atoms with E-state index in [1.807, 2.05) is 0 Å². The molecule has 0 unspecified atom stereocenters. The molecule has 82 valence electrons. The maximum Gasteiger partial charge on any atom is 0.352 e. The van der Waals surface area contributed by atoms with E-state index in [4.69, 9.17) is 15.6 Å². The molecule has 0 amide bonds. The number of aliphatic hydroxyl groups excluding tert-OH is 1. The molecule has 3 N–H and O–H groups in total. The predicted octanol–water partition coefficient (Wildman–Crippen LogP) is -0.594. The van der Waals surface area contributed by atoms with Crippen molar-refractivity contribution in [1.29, 1.82) is 0 Å². The van der Waals surface area contributed by atoms with Crippen LogP contribution in [-0.4, -0.2) is 33.1 Å². The van der Waals surface area contributed by atoms with E-state index in [1.165, 1.54) is 22.4 Å². The summed E-state index contributed by atoms with van der Waals surface area (Å²) in [5.74, 6) is 0.857. The minimum atomic E-state index is -0.439. The van der Waals surface area contributed by atoms with Gasteiger partial charge in [-0.3, -0.25) is 4.57 Å². The van der Waals surface area contributed by atoms with Crippen molar-refractivity contribution >= 4 is 17.6 Å². The summed E-state index contributed by atoms with van der Waals surface area (Å²) < 4.78 is 6.77. The summed E-state index contributed by atoms with van der Waals surface area (Å²) in [5.41, 5.74) is 4.51. The minimum absolute atomic E-state index is 0.0410. The van der Waals surface area contributed by atoms with E-state index in [0.29, 0.717) is 5.75 Å². The molecule has 2 atom stereocenters. The summed E-state index contributed by atoms with van der Waals surface area (Å²) in [6.07, 6.45) is 1.33. The summed E-state index contributed by atoms with van der Waals surface area (Å²) >= 11 is 1.45. The van der Waals surface area contributed by atoms with Gasteiger partial charge in [0.1, 0.15) is 5.82 Å². The third-order valence-electron chi connectivity index (χ3n) is 2.02. The van der Waals surface area contributed by atoms with Gasteiger partial charge in [-0.1, -0.05) is 0 Å². The molecule has 0 aliphatic carbocycles. The number of nitrogens with zero attached hydrogens (tertiary/aromatic N) is 2. The van der Waals surface area contributed by atoms with Crippen molar-refractivity contribution in [2.24, 2.45) is 0 Å². The molecule has 15 heavy (non-hydrogen) atoms. The molecule has 1 aromatic heterocycles. The topological polar surface area (TPSA) is 90.4 Å². The zero-order valence-corrected chi connectivity index (χ0v) is 8.68. The second kappa shape index (κ2) is 4.21. The van der Waals surface area contributed by atoms with Crippen LogP contribution in [0, 0.1) is 0 Å². The highest BCUT2D eigenvalue weighted by Gasteiger charge is 2.27. The van der Waals surface area contributed by atoms with Crippen LogP contribution in [0.4, 0.5) is 5.82 Å². The van der Waals surface area contributed by atoms with Gasteiger partial charge in [0.05, 0.1) is 12.7 Å². The highest BCUT2D eigenvalue weighted by atomic mass is 32.2. The van der Waals surface area contributed by atoms with Crippen LogP contribution in [0.15, 0.2) is 17.1 Å². The van der Waals surface area contributed by atoms with Gasteiger partial charge >= 0.3 is 5.69 Å². The molecule has 1 aromatic rings. The Labute approximate surface area is 90.1 Å². The van der Waals surface area contributed by atoms with Crippen molar-refractivity contribution < 1.29 is 9.84 Å². The minimum Gasteiger partial charge on any atom is -0.394 e. The lowest BCUT2D eigenvalue weighted by Gasteiger charge is -2.12. The van der Waals surface area contributed by atoms with E-state index >= 15 is 0 Å². The Morgan fingerprint density at radius 3 is 3.20 bits per heavy atom. The van der Waals surface area contributed by atoms with Crippen LogP contribution < -0.4 is 11.4 Å². The summed E-state index contributed by atoms with van der Waals surface area (Å²) in [5, 5.41) is 8.88. The van der Waals surface area contributed by atoms with Crippen molar-refractivity contribution in [2.75, 3.05) is 18.1 Å². The van der Waals surface area contributed by atoms with E-state index in [2.05, 4.69) is 4.98 Å². The van der Waals surface area contributed by atoms with E-state index in [9.17, 15) is 4.79 Å². The van der Waals surface area contributed by atoms with Gasteiger partial charge in [-0.15, -0.1) is 11.8 Å². The van der Waals surface area contributed by atoms with Gasteiger partial charge in [0.2, 0.25) is 0 Å². The lowest BCUT2D eigenvalue weighted by Crippen LogP contribution is -2.27. The second-order valence-electron chi connectivity index (χ2n) is 3.12. The largest absolute Gasteiger partial charge is 0.394 e. The molecule has 1 fully saturated rings. The fourth-order valence-corrected chi connectivity index (χ4v) is 2.38. The number of aliphatic hydroxyl groups is 1. The monoisotopic (exact) mass is 229 g/mol. The molecule has 0 bridgehead atoms. The first kappa shape index (κ1) is 10.5. The zero-order valence-electron chi connectivity index (χ0n) is 7.87. The van der Waals surface area contributed by atoms with Gasteiger partial charge < -0.3 is 15.6 Å². The number of rotatable bonds is 2. The molecular weight excluding hydrogens is 218 g/mol. The van der Waals surface area contributed by atoms with Gasteiger partial charge in [-0.25, -0.2) is 4.79 Å². The highest BCUT2D eigenvalue weighted by Crippen LogP contribution is 2.32. The fraction of sp³-hybridized carbons (Fsp3) is 0.500. The van der Waals surface area contributed by atoms with Crippen LogP contribution in [0.25, 0.3) is 0 Å². The number of thioether (sulfide) groups is 1. The van der Waals surface area contributed by atoms with Gasteiger partial charge in [-0.2, -0.15) is 4.98 Å². The quantitative estimate of drug-likeness (QED) is 0.704. The van der Waals surface area contributed by atoms with Crippen molar-refractivity contribution in [3.05, 3.63) is 22.7 Å². The zero-order chi connectivity index (χ0) is 10.8. The van der Waals surface area contributed by atoms with Crippen LogP contribution in [0.3, 0.4) is 0 Å². The third-order valence-corrected chi connectivity index (χ3v) is 3.20. The Bertz CT molecular complexity index is 408. The number of nitrogens with two attached hydrogens (primary N) is 1. The van der Waals surface area contributed by atoms with Crippen LogP contribution >= 0.6 is 11.8 Å². The Balaban J connectivity index is 2.20. The molecular formula is C8H11N3O3S. The van der Waals surface area contributed by atoms with Gasteiger partial charge in [0.15, 0.2) is 5.56 Å². The average Bonchev–Trinajstić information content (AvgIpc) is 2.66. The number of aromatic nitrogens is 2. The first-order valence-electron chi connectivity index (χ1n) is 4.43. The number of nitrogen functional groups attached to an aromatic ring is 1. The molecule has 7 heteroatoms. The van der Waals surface area contributed by atoms with E-state index in [1.54, 1.807) is 6.20 Å². The molecule has 1 saturated heterocycles. The fourth-order valence-electron chi connectivity index (χ4n) is 1.26. The number of hydrogen-bond donors (Lipinski definition) is 2. The molecule has 0 saturated carbocycles. The Kier molecular flexibility index (Phi) is 2.94. The van der Waals surface area contributed by atoms with Crippen molar-refractivity contribution in [3.8, 4) is 0 Å². The molecule has 0 spiro atoms. The number of hydrogen-bond acceptors (Lipinski definition) is 6. The molecule has 1 aliphatic rings. The van der Waals surface area contributed by atoms with Crippen molar-refractivity contribution in [2.45, 2.75) is 11.7 Å². The molecule has 0 radical (unpaired) electrons. The summed E-state index contributed by atoms with van der Waals surface area (Å²) in [6.45, 7) is -0.0410. The third kappa shape index (κ3) is 2.14. The van der Waals surface area contributed by atoms with Gasteiger partial charge in [0.25, 0.3) is 0 Å². The predicted molar refractivity (Wildman–Crippen MR) is 56.4 cm³/mol. The molecule has 2 rings (SSSR count). The summed E-state index contributed by atoms with van der Waals surface area (Å²) in [6, 6.07) is 1.54. The van der Waals surface area contributed by atoms with Crippen LogP contribution in [-0.2, 0) is 4.74 Å². The van der Waals surface area contributed by atoms with Gasteiger partial charge in [-0.05, 0) is 6.07 Å². The lowest BCUT2D eigenvalue weighted by molar-refractivity contribution is -0.00312. The van der Waals surface area contributed by atoms with Crippen molar-refractivity contribution in [1.82, 2.24) is 9.55 Å². The van der Waals surface area contributed by atoms with Gasteiger partial charge in [0, 0.05) is 11.9 Å². The normalized spacial score (nSPS) is 25.7. The van der Waals surface area contributed by atoms with Crippen LogP contribution in [0.2, 0.25) is 0 Å². The first-order chi connectivity index (χ1) is 7.20. The summed E-state index contributed by atoms with van der Waals surface area (Å²) in [7, 11) is 0. The van der Waals surface area contributed by atoms with E-state index in [0.717, 1.165) is 0 Å². The molecule has 1 aliphatic heterocycles. The smallest absolute Gasteiger partial charge is 0.352 e. The van der Waals surface area contributed by atoms with E-state index < -0.39 is 11.2 Å². The van der Waals surface area contributed by atoms with Crippen molar-refractivity contribution in [3.63, 3.8) is 0 Å². The SMILES string of the molecule is Nc1ccn([C@@H]2O[C@@H](CO)CS2)c(=O)n1. The number of anilines is 1. The lowest BCUT2D eigenvalue weighted by atomic mass is 10.4. The van der Waals surface area contributed by atoms with E-state index in [-0.39, 0.29) is 18.5 Å². The Morgan fingerprint density at radius 2 is 2.60 bits per heavy atom. The second-order valence-corrected chi connectivity index (χ2v) is 4.19. The summed E-state index contributed by atoms with van der Waals surface area (Å²) in [4.78, 5) is 15.0. The molecule has 0 aromatic carbocycles. The maximum absolute atomic E-state index is 11.4. The highest BCUT2D eigenvalue weighted by molar-refractivity contribution is 7.99. The Hall–Kier alpha value is -1.05. The standard InChI is InChI=1S/C8H11N3O3S/c9-6-1-2-11(7(13)10-6)8-14-5(3-12)4-15-8/h1-2,5,8,12H,3-4H2,(H2,9,10,13)/t5-,8+/m0/s1. The maximum atomic E-state index is 11.4. The first-order valence-corrected chi connectivity index (χ1v) is 5.48. The molecule has 6 nitrogen and oxygen atoms in total. The van der Waals surface area contributed by atoms with Crippen LogP contribution in [0.1, 0.15) is 5.56 Å². The number of ether oxygens (including phenoxy) is 1. The average molecular weight is 229 g/mol. The van der Waals surface area contributed by atoms with Crippen LogP contribution in [0.5, 0.6) is 0 Å². The Morgan fingerprint density at radius 1 is 1.80 bits per heavy atom. The molecule has 2 heterocycles.